The zero-order valence-corrected chi connectivity index (χ0v) is 18.8. The van der Waals surface area contributed by atoms with Crippen LogP contribution in [-0.2, 0) is 16.1 Å². The Bertz CT molecular complexity index is 798. The zero-order valence-electron chi connectivity index (χ0n) is 17.2. The second-order valence-electron chi connectivity index (χ2n) is 7.11. The minimum absolute atomic E-state index is 0.0162. The number of thioether (sulfide) groups is 1. The van der Waals surface area contributed by atoms with Crippen molar-refractivity contribution in [3.63, 3.8) is 0 Å². The Hall–Kier alpha value is -1.98. The van der Waals surface area contributed by atoms with E-state index >= 15 is 0 Å². The van der Waals surface area contributed by atoms with Gasteiger partial charge in [0.15, 0.2) is 0 Å². The van der Waals surface area contributed by atoms with Gasteiger partial charge in [0.25, 0.3) is 0 Å². The maximum absolute atomic E-state index is 13.1. The minimum Gasteiger partial charge on any atom is -0.352 e. The second-order valence-corrected chi connectivity index (χ2v) is 8.69. The molecule has 0 radical (unpaired) electrons. The topological polar surface area (TPSA) is 49.4 Å². The van der Waals surface area contributed by atoms with Crippen LogP contribution >= 0.6 is 23.4 Å². The first-order chi connectivity index (χ1) is 13.9. The average Bonchev–Trinajstić information content (AvgIpc) is 2.69. The summed E-state index contributed by atoms with van der Waals surface area (Å²) in [7, 11) is 0. The molecule has 0 saturated carbocycles. The molecule has 1 atom stereocenters. The van der Waals surface area contributed by atoms with Gasteiger partial charge in [0.1, 0.15) is 6.04 Å². The zero-order chi connectivity index (χ0) is 21.2. The summed E-state index contributed by atoms with van der Waals surface area (Å²) in [5, 5.41) is 3.54. The van der Waals surface area contributed by atoms with Crippen molar-refractivity contribution in [2.75, 3.05) is 5.75 Å². The molecule has 4 nitrogen and oxygen atoms in total. The van der Waals surface area contributed by atoms with E-state index in [1.807, 2.05) is 69.3 Å². The van der Waals surface area contributed by atoms with Gasteiger partial charge in [0.2, 0.25) is 11.8 Å². The Morgan fingerprint density at radius 2 is 1.72 bits per heavy atom. The predicted octanol–water partition coefficient (Wildman–Crippen LogP) is 5.15. The summed E-state index contributed by atoms with van der Waals surface area (Å²) in [5.41, 5.74) is 0.842. The normalized spacial score (nSPS) is 11.9. The summed E-state index contributed by atoms with van der Waals surface area (Å²) in [6, 6.07) is 16.9. The Morgan fingerprint density at radius 1 is 1.07 bits per heavy atom. The van der Waals surface area contributed by atoms with Crippen molar-refractivity contribution in [3.05, 3.63) is 65.2 Å². The molecular weight excluding hydrogens is 404 g/mol. The molecule has 2 aromatic rings. The van der Waals surface area contributed by atoms with Gasteiger partial charge in [-0.25, -0.2) is 0 Å². The Balaban J connectivity index is 2.14. The van der Waals surface area contributed by atoms with E-state index in [0.29, 0.717) is 30.2 Å². The first-order valence-corrected chi connectivity index (χ1v) is 11.3. The number of hydrogen-bond acceptors (Lipinski definition) is 3. The highest BCUT2D eigenvalue weighted by Gasteiger charge is 2.29. The summed E-state index contributed by atoms with van der Waals surface area (Å²) in [4.78, 5) is 28.7. The highest BCUT2D eigenvalue weighted by atomic mass is 35.5. The summed E-state index contributed by atoms with van der Waals surface area (Å²) < 4.78 is 0. The van der Waals surface area contributed by atoms with Crippen LogP contribution in [0.5, 0.6) is 0 Å². The fourth-order valence-electron chi connectivity index (χ4n) is 3.03. The molecule has 2 aromatic carbocycles. The van der Waals surface area contributed by atoms with E-state index in [1.54, 1.807) is 22.7 Å². The van der Waals surface area contributed by atoms with Gasteiger partial charge in [-0.05, 0) is 44.0 Å². The largest absolute Gasteiger partial charge is 0.352 e. The lowest BCUT2D eigenvalue weighted by molar-refractivity contribution is -0.141. The third-order valence-electron chi connectivity index (χ3n) is 4.44. The van der Waals surface area contributed by atoms with Crippen LogP contribution in [0.2, 0.25) is 5.02 Å². The molecule has 1 N–H and O–H groups in total. The van der Waals surface area contributed by atoms with E-state index in [1.165, 1.54) is 0 Å². The second kappa shape index (κ2) is 11.9. The van der Waals surface area contributed by atoms with Crippen LogP contribution in [0.25, 0.3) is 0 Å². The molecule has 29 heavy (non-hydrogen) atoms. The quantitative estimate of drug-likeness (QED) is 0.528. The van der Waals surface area contributed by atoms with E-state index in [2.05, 4.69) is 5.32 Å². The van der Waals surface area contributed by atoms with Crippen LogP contribution in [0, 0.1) is 0 Å². The molecular formula is C23H29ClN2O2S. The van der Waals surface area contributed by atoms with Crippen LogP contribution in [0.3, 0.4) is 0 Å². The highest BCUT2D eigenvalue weighted by molar-refractivity contribution is 7.99. The first kappa shape index (κ1) is 23.3. The standard InChI is InChI=1S/C23H29ClN2O2S/c1-4-21(23(28)25-17(2)3)26(16-18-10-8-9-13-20(18)24)22(27)14-15-29-19-11-6-5-7-12-19/h5-13,17,21H,4,14-16H2,1-3H3,(H,25,28)/t21-/m1/s1. The summed E-state index contributed by atoms with van der Waals surface area (Å²) in [6.45, 7) is 6.08. The number of nitrogens with zero attached hydrogens (tertiary/aromatic N) is 1. The van der Waals surface area contributed by atoms with Gasteiger partial charge in [0.05, 0.1) is 0 Å². The van der Waals surface area contributed by atoms with Gasteiger partial charge >= 0.3 is 0 Å². The van der Waals surface area contributed by atoms with Gasteiger partial charge in [-0.3, -0.25) is 9.59 Å². The van der Waals surface area contributed by atoms with Crippen LogP contribution in [-0.4, -0.2) is 34.6 Å². The maximum Gasteiger partial charge on any atom is 0.243 e. The van der Waals surface area contributed by atoms with Crippen LogP contribution < -0.4 is 5.32 Å². The van der Waals surface area contributed by atoms with Crippen molar-refractivity contribution < 1.29 is 9.59 Å². The van der Waals surface area contributed by atoms with Gasteiger partial charge in [-0.2, -0.15) is 0 Å². The number of carbonyl (C=O) groups is 2. The Kier molecular flexibility index (Phi) is 9.55. The number of amides is 2. The monoisotopic (exact) mass is 432 g/mol. The van der Waals surface area contributed by atoms with E-state index < -0.39 is 6.04 Å². The molecule has 0 saturated heterocycles. The van der Waals surface area contributed by atoms with Gasteiger partial charge in [-0.15, -0.1) is 11.8 Å². The van der Waals surface area contributed by atoms with Crippen molar-refractivity contribution in [1.29, 1.82) is 0 Å². The van der Waals surface area contributed by atoms with Crippen molar-refractivity contribution in [2.45, 2.75) is 57.1 Å². The molecule has 0 bridgehead atoms. The molecule has 0 unspecified atom stereocenters. The maximum atomic E-state index is 13.1. The average molecular weight is 433 g/mol. The summed E-state index contributed by atoms with van der Waals surface area (Å²) in [5.74, 6) is 0.488. The van der Waals surface area contributed by atoms with Crippen LogP contribution in [0.4, 0.5) is 0 Å². The SMILES string of the molecule is CC[C@H](C(=O)NC(C)C)N(Cc1ccccc1Cl)C(=O)CCSc1ccccc1. The van der Waals surface area contributed by atoms with Crippen molar-refractivity contribution >= 4 is 35.2 Å². The fraction of sp³-hybridized carbons (Fsp3) is 0.391. The molecule has 156 valence electrons. The van der Waals surface area contributed by atoms with Crippen molar-refractivity contribution in [2.24, 2.45) is 0 Å². The number of benzene rings is 2. The number of halogens is 1. The number of nitrogens with one attached hydrogen (secondary N) is 1. The summed E-state index contributed by atoms with van der Waals surface area (Å²) in [6.07, 6.45) is 0.899. The Morgan fingerprint density at radius 3 is 2.34 bits per heavy atom. The number of rotatable bonds is 10. The number of hydrogen-bond donors (Lipinski definition) is 1. The highest BCUT2D eigenvalue weighted by Crippen LogP contribution is 2.22. The van der Waals surface area contributed by atoms with E-state index in [9.17, 15) is 9.59 Å². The summed E-state index contributed by atoms with van der Waals surface area (Å²) >= 11 is 7.97. The molecule has 0 fully saturated rings. The Labute approximate surface area is 183 Å². The van der Waals surface area contributed by atoms with Gasteiger partial charge < -0.3 is 10.2 Å². The van der Waals surface area contributed by atoms with Crippen molar-refractivity contribution in [1.82, 2.24) is 10.2 Å². The molecule has 0 aliphatic rings. The predicted molar refractivity (Wildman–Crippen MR) is 121 cm³/mol. The van der Waals surface area contributed by atoms with Gasteiger partial charge in [-0.1, -0.05) is 54.9 Å². The molecule has 2 amide bonds. The molecule has 0 spiro atoms. The van der Waals surface area contributed by atoms with Crippen LogP contribution in [0.1, 0.15) is 39.2 Å². The minimum atomic E-state index is -0.525. The third kappa shape index (κ3) is 7.41. The lowest BCUT2D eigenvalue weighted by Crippen LogP contribution is -2.50. The molecule has 0 aliphatic carbocycles. The van der Waals surface area contributed by atoms with E-state index in [4.69, 9.17) is 11.6 Å². The molecule has 0 aliphatic heterocycles. The molecule has 0 heterocycles. The third-order valence-corrected chi connectivity index (χ3v) is 5.83. The first-order valence-electron chi connectivity index (χ1n) is 9.93. The van der Waals surface area contributed by atoms with Crippen LogP contribution in [0.15, 0.2) is 59.5 Å². The molecule has 0 aromatic heterocycles. The lowest BCUT2D eigenvalue weighted by atomic mass is 10.1. The lowest BCUT2D eigenvalue weighted by Gasteiger charge is -2.31. The molecule has 2 rings (SSSR count). The smallest absolute Gasteiger partial charge is 0.243 e. The van der Waals surface area contributed by atoms with Gasteiger partial charge in [0, 0.05) is 34.7 Å². The van der Waals surface area contributed by atoms with E-state index in [0.717, 1.165) is 10.5 Å². The number of carbonyl (C=O) groups excluding carboxylic acids is 2. The fourth-order valence-corrected chi connectivity index (χ4v) is 4.08. The van der Waals surface area contributed by atoms with Crippen molar-refractivity contribution in [3.8, 4) is 0 Å². The van der Waals surface area contributed by atoms with E-state index in [-0.39, 0.29) is 17.9 Å². The molecule has 6 heteroatoms.